The molecule has 1 aromatic heterocycles. The minimum Gasteiger partial charge on any atom is -0.374 e. The van der Waals surface area contributed by atoms with Crippen LogP contribution >= 0.6 is 11.3 Å². The maximum absolute atomic E-state index is 5.98. The molecule has 4 heteroatoms. The molecule has 102 valence electrons. The number of hydrogen-bond donors (Lipinski definition) is 1. The van der Waals surface area contributed by atoms with Gasteiger partial charge < -0.3 is 10.1 Å². The van der Waals surface area contributed by atoms with E-state index in [1.54, 1.807) is 0 Å². The van der Waals surface area contributed by atoms with Crippen LogP contribution in [0.5, 0.6) is 0 Å². The summed E-state index contributed by atoms with van der Waals surface area (Å²) in [4.78, 5) is 5.99. The predicted octanol–water partition coefficient (Wildman–Crippen LogP) is 2.85. The fraction of sp³-hybridized carbons (Fsp3) is 0.786. The molecule has 0 radical (unpaired) electrons. The molecule has 1 aliphatic heterocycles. The van der Waals surface area contributed by atoms with Gasteiger partial charge in [0.2, 0.25) is 0 Å². The van der Waals surface area contributed by atoms with Crippen LogP contribution in [0, 0.1) is 13.8 Å². The van der Waals surface area contributed by atoms with Crippen LogP contribution < -0.4 is 5.32 Å². The summed E-state index contributed by atoms with van der Waals surface area (Å²) in [5.74, 6) is 0. The van der Waals surface area contributed by atoms with E-state index in [1.165, 1.54) is 22.0 Å². The van der Waals surface area contributed by atoms with E-state index in [9.17, 15) is 0 Å². The smallest absolute Gasteiger partial charge is 0.0947 e. The van der Waals surface area contributed by atoms with Crippen LogP contribution in [0.2, 0.25) is 0 Å². The van der Waals surface area contributed by atoms with Crippen molar-refractivity contribution in [2.45, 2.75) is 58.6 Å². The number of nitrogens with zero attached hydrogens (tertiary/aromatic N) is 1. The monoisotopic (exact) mass is 268 g/mol. The number of thiazole rings is 1. The van der Waals surface area contributed by atoms with Crippen LogP contribution in [0.1, 0.15) is 42.3 Å². The van der Waals surface area contributed by atoms with E-state index in [-0.39, 0.29) is 5.60 Å². The number of nitrogens with one attached hydrogen (secondary N) is 1. The highest BCUT2D eigenvalue weighted by molar-refractivity contribution is 7.11. The molecule has 1 N–H and O–H groups in total. The maximum Gasteiger partial charge on any atom is 0.0947 e. The third-order valence-corrected chi connectivity index (χ3v) is 4.98. The fourth-order valence-corrected chi connectivity index (χ4v) is 3.61. The van der Waals surface area contributed by atoms with Crippen LogP contribution in [-0.2, 0) is 11.2 Å². The lowest BCUT2D eigenvalue weighted by Gasteiger charge is -2.33. The van der Waals surface area contributed by atoms with Crippen molar-refractivity contribution in [1.82, 2.24) is 10.3 Å². The van der Waals surface area contributed by atoms with Gasteiger partial charge in [-0.15, -0.1) is 11.3 Å². The van der Waals surface area contributed by atoms with Gasteiger partial charge in [0.15, 0.2) is 0 Å². The third kappa shape index (κ3) is 2.92. The highest BCUT2D eigenvalue weighted by atomic mass is 32.1. The number of hydrogen-bond acceptors (Lipinski definition) is 4. The van der Waals surface area contributed by atoms with Crippen molar-refractivity contribution < 1.29 is 4.74 Å². The topological polar surface area (TPSA) is 34.2 Å². The Bertz CT molecular complexity index is 377. The highest BCUT2D eigenvalue weighted by Gasteiger charge is 2.38. The second-order valence-electron chi connectivity index (χ2n) is 5.33. The molecule has 0 bridgehead atoms. The Morgan fingerprint density at radius 1 is 1.50 bits per heavy atom. The third-order valence-electron chi connectivity index (χ3n) is 3.89. The molecule has 1 saturated heterocycles. The lowest BCUT2D eigenvalue weighted by atomic mass is 9.91. The summed E-state index contributed by atoms with van der Waals surface area (Å²) in [7, 11) is 0. The molecule has 0 amide bonds. The van der Waals surface area contributed by atoms with Crippen molar-refractivity contribution in [3.8, 4) is 0 Å². The van der Waals surface area contributed by atoms with Gasteiger partial charge in [-0.25, -0.2) is 4.98 Å². The van der Waals surface area contributed by atoms with Crippen LogP contribution in [0.25, 0.3) is 0 Å². The lowest BCUT2D eigenvalue weighted by molar-refractivity contribution is -0.0110. The standard InChI is InChI=1S/C14H24N2OS/c1-5-15-12(14(4)7-6-8-17-14)9-13-16-10(2)11(3)18-13/h12,15H,5-9H2,1-4H3. The van der Waals surface area contributed by atoms with E-state index < -0.39 is 0 Å². The Kier molecular flexibility index (Phi) is 4.41. The molecule has 1 aromatic rings. The maximum atomic E-state index is 5.98. The van der Waals surface area contributed by atoms with Crippen LogP contribution in [0.15, 0.2) is 0 Å². The highest BCUT2D eigenvalue weighted by Crippen LogP contribution is 2.31. The number of likely N-dealkylation sites (N-methyl/N-ethyl adjacent to an activating group) is 1. The van der Waals surface area contributed by atoms with Crippen molar-refractivity contribution in [1.29, 1.82) is 0 Å². The second-order valence-corrected chi connectivity index (χ2v) is 6.62. The van der Waals surface area contributed by atoms with E-state index in [0.29, 0.717) is 6.04 Å². The Morgan fingerprint density at radius 3 is 2.78 bits per heavy atom. The van der Waals surface area contributed by atoms with Gasteiger partial charge in [0, 0.05) is 23.9 Å². The number of aryl methyl sites for hydroxylation is 2. The summed E-state index contributed by atoms with van der Waals surface area (Å²) < 4.78 is 5.98. The zero-order valence-corrected chi connectivity index (χ0v) is 12.7. The summed E-state index contributed by atoms with van der Waals surface area (Å²) in [5, 5.41) is 4.81. The molecular weight excluding hydrogens is 244 g/mol. The normalized spacial score (nSPS) is 25.6. The van der Waals surface area contributed by atoms with Crippen molar-refractivity contribution in [2.24, 2.45) is 0 Å². The molecule has 2 heterocycles. The Labute approximate surface area is 114 Å². The lowest BCUT2D eigenvalue weighted by Crippen LogP contribution is -2.49. The van der Waals surface area contributed by atoms with E-state index >= 15 is 0 Å². The van der Waals surface area contributed by atoms with E-state index in [0.717, 1.165) is 26.0 Å². The molecule has 0 aliphatic carbocycles. The zero-order valence-electron chi connectivity index (χ0n) is 11.9. The molecule has 2 rings (SSSR count). The van der Waals surface area contributed by atoms with Crippen molar-refractivity contribution in [2.75, 3.05) is 13.2 Å². The SMILES string of the molecule is CCNC(Cc1nc(C)c(C)s1)C1(C)CCCO1. The summed E-state index contributed by atoms with van der Waals surface area (Å²) in [6.45, 7) is 10.5. The number of aromatic nitrogens is 1. The Hall–Kier alpha value is -0.450. The van der Waals surface area contributed by atoms with E-state index in [1.807, 2.05) is 11.3 Å². The van der Waals surface area contributed by atoms with Gasteiger partial charge in [-0.2, -0.15) is 0 Å². The molecule has 1 aliphatic rings. The van der Waals surface area contributed by atoms with Crippen LogP contribution in [0.3, 0.4) is 0 Å². The molecule has 2 unspecified atom stereocenters. The summed E-state index contributed by atoms with van der Waals surface area (Å²) in [5.41, 5.74) is 1.14. The predicted molar refractivity (Wildman–Crippen MR) is 76.3 cm³/mol. The Morgan fingerprint density at radius 2 is 2.28 bits per heavy atom. The molecular formula is C14H24N2OS. The van der Waals surface area contributed by atoms with E-state index in [4.69, 9.17) is 4.74 Å². The summed E-state index contributed by atoms with van der Waals surface area (Å²) in [6, 6.07) is 0.370. The summed E-state index contributed by atoms with van der Waals surface area (Å²) >= 11 is 1.82. The van der Waals surface area contributed by atoms with Gasteiger partial charge in [-0.05, 0) is 40.2 Å². The molecule has 0 spiro atoms. The fourth-order valence-electron chi connectivity index (χ4n) is 2.63. The van der Waals surface area contributed by atoms with Gasteiger partial charge in [0.25, 0.3) is 0 Å². The molecule has 2 atom stereocenters. The summed E-state index contributed by atoms with van der Waals surface area (Å²) in [6.07, 6.45) is 3.30. The van der Waals surface area contributed by atoms with Gasteiger partial charge in [0.05, 0.1) is 16.3 Å². The van der Waals surface area contributed by atoms with Crippen LogP contribution in [-0.4, -0.2) is 29.8 Å². The van der Waals surface area contributed by atoms with Crippen LogP contribution in [0.4, 0.5) is 0 Å². The first-order valence-electron chi connectivity index (χ1n) is 6.85. The molecule has 3 nitrogen and oxygen atoms in total. The largest absolute Gasteiger partial charge is 0.374 e. The van der Waals surface area contributed by atoms with Gasteiger partial charge >= 0.3 is 0 Å². The van der Waals surface area contributed by atoms with Gasteiger partial charge in [0.1, 0.15) is 0 Å². The second kappa shape index (κ2) is 5.68. The van der Waals surface area contributed by atoms with Crippen molar-refractivity contribution >= 4 is 11.3 Å². The van der Waals surface area contributed by atoms with E-state index in [2.05, 4.69) is 38.0 Å². The average molecular weight is 268 g/mol. The number of rotatable bonds is 5. The first-order valence-corrected chi connectivity index (χ1v) is 7.67. The first kappa shape index (κ1) is 14.0. The quantitative estimate of drug-likeness (QED) is 0.891. The molecule has 1 fully saturated rings. The molecule has 0 saturated carbocycles. The minimum absolute atomic E-state index is 0.0243. The molecule has 0 aromatic carbocycles. The molecule has 18 heavy (non-hydrogen) atoms. The zero-order chi connectivity index (χ0) is 13.2. The van der Waals surface area contributed by atoms with Crippen molar-refractivity contribution in [3.05, 3.63) is 15.6 Å². The average Bonchev–Trinajstić information content (AvgIpc) is 2.87. The number of ether oxygens (including phenoxy) is 1. The minimum atomic E-state index is -0.0243. The Balaban J connectivity index is 2.10. The van der Waals surface area contributed by atoms with Gasteiger partial charge in [-0.1, -0.05) is 6.92 Å². The van der Waals surface area contributed by atoms with Crippen molar-refractivity contribution in [3.63, 3.8) is 0 Å². The first-order chi connectivity index (χ1) is 8.55. The van der Waals surface area contributed by atoms with Gasteiger partial charge in [-0.3, -0.25) is 0 Å².